The van der Waals surface area contributed by atoms with Crippen molar-refractivity contribution in [2.45, 2.75) is 25.7 Å². The number of hydrogen-bond acceptors (Lipinski definition) is 2. The van der Waals surface area contributed by atoms with Crippen LogP contribution in [0.4, 0.5) is 0 Å². The Bertz CT molecular complexity index is 141. The van der Waals surface area contributed by atoms with Gasteiger partial charge in [-0.2, -0.15) is 0 Å². The van der Waals surface area contributed by atoms with E-state index in [1.54, 1.807) is 0 Å². The predicted molar refractivity (Wildman–Crippen MR) is 45.8 cm³/mol. The summed E-state index contributed by atoms with van der Waals surface area (Å²) in [5.41, 5.74) is 5.48. The molecule has 0 heterocycles. The lowest BCUT2D eigenvalue weighted by Crippen LogP contribution is -2.25. The monoisotopic (exact) mass is 175 g/mol. The molecule has 4 heteroatoms. The van der Waals surface area contributed by atoms with Crippen LogP contribution >= 0.6 is 0 Å². The smallest absolute Gasteiger partial charge is 0.306 e. The molecule has 4 nitrogen and oxygen atoms in total. The standard InChI is InChI=1S/C8H15NO2.H2O/c9-5-6-1-3-7(4-2-6)8(10)11;/h6-7H,1-5,9H2,(H,10,11);1H2/t6-,7-;. The van der Waals surface area contributed by atoms with Crippen molar-refractivity contribution < 1.29 is 15.4 Å². The second-order valence-corrected chi connectivity index (χ2v) is 3.29. The van der Waals surface area contributed by atoms with Crippen LogP contribution in [0.15, 0.2) is 0 Å². The number of hydrogen-bond donors (Lipinski definition) is 2. The Kier molecular flexibility index (Phi) is 4.85. The normalized spacial score (nSPS) is 29.1. The van der Waals surface area contributed by atoms with Crippen LogP contribution in [-0.2, 0) is 4.79 Å². The summed E-state index contributed by atoms with van der Waals surface area (Å²) in [5.74, 6) is -0.163. The maximum Gasteiger partial charge on any atom is 0.306 e. The van der Waals surface area contributed by atoms with Gasteiger partial charge in [0.1, 0.15) is 0 Å². The Morgan fingerprint density at radius 2 is 1.83 bits per heavy atom. The average Bonchev–Trinajstić information content (AvgIpc) is 2.05. The fourth-order valence-corrected chi connectivity index (χ4v) is 1.65. The van der Waals surface area contributed by atoms with Crippen molar-refractivity contribution in [1.82, 2.24) is 0 Å². The predicted octanol–water partition coefficient (Wildman–Crippen LogP) is 0.0114. The van der Waals surface area contributed by atoms with E-state index in [4.69, 9.17) is 10.8 Å². The van der Waals surface area contributed by atoms with Crippen molar-refractivity contribution in [3.05, 3.63) is 0 Å². The van der Waals surface area contributed by atoms with Gasteiger partial charge >= 0.3 is 5.97 Å². The van der Waals surface area contributed by atoms with Crippen LogP contribution in [0, 0.1) is 11.8 Å². The van der Waals surface area contributed by atoms with Gasteiger partial charge in [-0.25, -0.2) is 0 Å². The molecule has 0 aromatic rings. The zero-order chi connectivity index (χ0) is 8.27. The lowest BCUT2D eigenvalue weighted by atomic mass is 9.82. The van der Waals surface area contributed by atoms with Gasteiger partial charge in [0.25, 0.3) is 0 Å². The molecule has 1 saturated carbocycles. The van der Waals surface area contributed by atoms with Gasteiger partial charge in [-0.1, -0.05) is 0 Å². The summed E-state index contributed by atoms with van der Waals surface area (Å²) in [4.78, 5) is 10.5. The number of carboxylic acid groups (broad SMARTS) is 1. The molecule has 0 radical (unpaired) electrons. The third kappa shape index (κ3) is 2.79. The van der Waals surface area contributed by atoms with Crippen molar-refractivity contribution >= 4 is 5.97 Å². The molecular formula is C8H17NO3. The van der Waals surface area contributed by atoms with E-state index in [9.17, 15) is 4.79 Å². The van der Waals surface area contributed by atoms with Crippen LogP contribution in [-0.4, -0.2) is 23.1 Å². The Labute approximate surface area is 72.1 Å². The molecule has 0 bridgehead atoms. The van der Waals surface area contributed by atoms with Crippen LogP contribution in [0.5, 0.6) is 0 Å². The molecule has 1 aliphatic rings. The molecule has 1 fully saturated rings. The zero-order valence-electron chi connectivity index (χ0n) is 7.12. The van der Waals surface area contributed by atoms with Crippen LogP contribution < -0.4 is 5.73 Å². The first kappa shape index (κ1) is 11.4. The molecule has 5 N–H and O–H groups in total. The number of rotatable bonds is 2. The highest BCUT2D eigenvalue weighted by Gasteiger charge is 2.24. The van der Waals surface area contributed by atoms with Gasteiger partial charge in [0.15, 0.2) is 0 Å². The van der Waals surface area contributed by atoms with E-state index in [1.165, 1.54) is 0 Å². The van der Waals surface area contributed by atoms with Crippen molar-refractivity contribution in [2.75, 3.05) is 6.54 Å². The zero-order valence-corrected chi connectivity index (χ0v) is 7.12. The van der Waals surface area contributed by atoms with Gasteiger partial charge in [0.05, 0.1) is 5.92 Å². The quantitative estimate of drug-likeness (QED) is 0.619. The van der Waals surface area contributed by atoms with E-state index in [0.717, 1.165) is 25.7 Å². The van der Waals surface area contributed by atoms with Crippen LogP contribution in [0.3, 0.4) is 0 Å². The maximum absolute atomic E-state index is 10.5. The average molecular weight is 175 g/mol. The molecule has 1 aliphatic carbocycles. The molecule has 0 saturated heterocycles. The summed E-state index contributed by atoms with van der Waals surface area (Å²) in [6, 6.07) is 0. The van der Waals surface area contributed by atoms with Crippen molar-refractivity contribution in [2.24, 2.45) is 17.6 Å². The maximum atomic E-state index is 10.5. The number of carbonyl (C=O) groups is 1. The summed E-state index contributed by atoms with van der Waals surface area (Å²) < 4.78 is 0. The van der Waals surface area contributed by atoms with E-state index in [2.05, 4.69) is 0 Å². The summed E-state index contributed by atoms with van der Waals surface area (Å²) in [6.07, 6.45) is 3.62. The first-order chi connectivity index (χ1) is 5.24. The number of carboxylic acids is 1. The van der Waals surface area contributed by atoms with E-state index >= 15 is 0 Å². The second-order valence-electron chi connectivity index (χ2n) is 3.29. The third-order valence-electron chi connectivity index (χ3n) is 2.53. The van der Waals surface area contributed by atoms with Crippen molar-refractivity contribution in [3.8, 4) is 0 Å². The van der Waals surface area contributed by atoms with Crippen molar-refractivity contribution in [3.63, 3.8) is 0 Å². The highest BCUT2D eigenvalue weighted by molar-refractivity contribution is 5.69. The Morgan fingerprint density at radius 3 is 2.17 bits per heavy atom. The fourth-order valence-electron chi connectivity index (χ4n) is 1.65. The highest BCUT2D eigenvalue weighted by Crippen LogP contribution is 2.27. The first-order valence-electron chi connectivity index (χ1n) is 4.17. The van der Waals surface area contributed by atoms with Gasteiger partial charge in [-0.3, -0.25) is 4.79 Å². The first-order valence-corrected chi connectivity index (χ1v) is 4.17. The summed E-state index contributed by atoms with van der Waals surface area (Å²) in [5, 5.41) is 8.67. The Hall–Kier alpha value is -0.610. The van der Waals surface area contributed by atoms with E-state index in [-0.39, 0.29) is 11.4 Å². The molecule has 12 heavy (non-hydrogen) atoms. The topological polar surface area (TPSA) is 94.8 Å². The lowest BCUT2D eigenvalue weighted by Gasteiger charge is -2.24. The largest absolute Gasteiger partial charge is 0.481 e. The molecule has 0 amide bonds. The molecule has 0 aromatic heterocycles. The molecule has 0 atom stereocenters. The molecule has 0 aromatic carbocycles. The minimum atomic E-state index is -0.638. The van der Waals surface area contributed by atoms with Crippen molar-refractivity contribution in [1.29, 1.82) is 0 Å². The molecule has 72 valence electrons. The Morgan fingerprint density at radius 1 is 1.33 bits per heavy atom. The van der Waals surface area contributed by atoms with Gasteiger partial charge in [-0.15, -0.1) is 0 Å². The van der Waals surface area contributed by atoms with E-state index in [1.807, 2.05) is 0 Å². The lowest BCUT2D eigenvalue weighted by molar-refractivity contribution is -0.143. The minimum absolute atomic E-state index is 0. The third-order valence-corrected chi connectivity index (χ3v) is 2.53. The summed E-state index contributed by atoms with van der Waals surface area (Å²) >= 11 is 0. The molecule has 1 rings (SSSR count). The van der Waals surface area contributed by atoms with Crippen LogP contribution in [0.1, 0.15) is 25.7 Å². The van der Waals surface area contributed by atoms with E-state index < -0.39 is 5.97 Å². The number of aliphatic carboxylic acids is 1. The molecular weight excluding hydrogens is 158 g/mol. The number of nitrogens with two attached hydrogens (primary N) is 1. The molecule has 0 aliphatic heterocycles. The van der Waals surface area contributed by atoms with Crippen LogP contribution in [0.25, 0.3) is 0 Å². The Balaban J connectivity index is 0.00000121. The fraction of sp³-hybridized carbons (Fsp3) is 0.875. The van der Waals surface area contributed by atoms with Crippen LogP contribution in [0.2, 0.25) is 0 Å². The SMILES string of the molecule is NC[C@H]1CC[C@H](C(=O)O)CC1.O. The van der Waals surface area contributed by atoms with Gasteiger partial charge in [0.2, 0.25) is 0 Å². The van der Waals surface area contributed by atoms with Gasteiger partial charge in [0, 0.05) is 0 Å². The summed E-state index contributed by atoms with van der Waals surface area (Å²) in [7, 11) is 0. The second kappa shape index (κ2) is 5.11. The van der Waals surface area contributed by atoms with E-state index in [0.29, 0.717) is 12.5 Å². The highest BCUT2D eigenvalue weighted by atomic mass is 16.4. The molecule has 0 spiro atoms. The van der Waals surface area contributed by atoms with Gasteiger partial charge in [-0.05, 0) is 38.1 Å². The van der Waals surface area contributed by atoms with Gasteiger partial charge < -0.3 is 16.3 Å². The molecule has 0 unspecified atom stereocenters. The minimum Gasteiger partial charge on any atom is -0.481 e. The summed E-state index contributed by atoms with van der Waals surface area (Å²) in [6.45, 7) is 0.715.